The second-order valence-electron chi connectivity index (χ2n) is 9.17. The first-order valence-corrected chi connectivity index (χ1v) is 12.0. The van der Waals surface area contributed by atoms with Crippen molar-refractivity contribution in [2.24, 2.45) is 5.92 Å². The highest BCUT2D eigenvalue weighted by molar-refractivity contribution is 5.94. The number of methoxy groups -OCH3 is 1. The number of fused-ring (bicyclic) bond motifs is 2. The molecule has 5 rings (SSSR count). The Morgan fingerprint density at radius 1 is 1.17 bits per heavy atom. The van der Waals surface area contributed by atoms with Crippen LogP contribution in [0.5, 0.6) is 11.5 Å². The Kier molecular flexibility index (Phi) is 6.81. The van der Waals surface area contributed by atoms with Crippen LogP contribution in [0.4, 0.5) is 5.82 Å². The second-order valence-corrected chi connectivity index (χ2v) is 9.17. The van der Waals surface area contributed by atoms with Crippen molar-refractivity contribution in [2.75, 3.05) is 19.0 Å². The number of benzene rings is 1. The van der Waals surface area contributed by atoms with Gasteiger partial charge in [0.05, 0.1) is 18.9 Å². The van der Waals surface area contributed by atoms with Gasteiger partial charge in [-0.1, -0.05) is 12.1 Å². The van der Waals surface area contributed by atoms with Crippen molar-refractivity contribution in [3.8, 4) is 11.5 Å². The molecule has 2 aliphatic rings. The number of pyridine rings is 2. The van der Waals surface area contributed by atoms with Gasteiger partial charge in [-0.25, -0.2) is 4.98 Å². The first kappa shape index (κ1) is 23.5. The topological polar surface area (TPSA) is 126 Å². The molecule has 0 saturated heterocycles. The van der Waals surface area contributed by atoms with E-state index in [1.807, 2.05) is 30.3 Å². The largest absolute Gasteiger partial charge is 0.494 e. The molecule has 3 aromatic rings. The zero-order chi connectivity index (χ0) is 24.4. The highest BCUT2D eigenvalue weighted by atomic mass is 16.5. The maximum atomic E-state index is 11.5. The van der Waals surface area contributed by atoms with Gasteiger partial charge in [-0.05, 0) is 61.4 Å². The van der Waals surface area contributed by atoms with Crippen LogP contribution >= 0.6 is 0 Å². The van der Waals surface area contributed by atoms with E-state index in [1.165, 1.54) is 0 Å². The molecule has 2 aromatic heterocycles. The molecule has 1 saturated carbocycles. The Morgan fingerprint density at radius 2 is 2.00 bits per heavy atom. The molecule has 0 bridgehead atoms. The van der Waals surface area contributed by atoms with E-state index >= 15 is 0 Å². The maximum absolute atomic E-state index is 11.5. The Hall–Kier alpha value is -3.27. The fourth-order valence-electron chi connectivity index (χ4n) is 5.05. The van der Waals surface area contributed by atoms with E-state index in [1.54, 1.807) is 19.4 Å². The minimum absolute atomic E-state index is 0.00565. The maximum Gasteiger partial charge on any atom is 0.263 e. The number of nitrogens with one attached hydrogen (secondary N) is 2. The summed E-state index contributed by atoms with van der Waals surface area (Å²) in [5, 5.41) is 29.1. The number of para-hydroxylation sites is 1. The number of hydrogen-bond donors (Lipinski definition) is 4. The van der Waals surface area contributed by atoms with Crippen LogP contribution in [-0.4, -0.2) is 52.0 Å². The normalized spacial score (nSPS) is 21.5. The molecule has 1 amide bonds. The van der Waals surface area contributed by atoms with Crippen LogP contribution in [0.15, 0.2) is 42.6 Å². The fourth-order valence-corrected chi connectivity index (χ4v) is 5.05. The minimum Gasteiger partial charge on any atom is -0.494 e. The number of carbonyl (C=O) groups excluding carboxylic acids is 1. The van der Waals surface area contributed by atoms with Crippen molar-refractivity contribution in [2.45, 2.75) is 50.5 Å². The van der Waals surface area contributed by atoms with Gasteiger partial charge < -0.3 is 30.3 Å². The summed E-state index contributed by atoms with van der Waals surface area (Å²) >= 11 is 0. The molecule has 35 heavy (non-hydrogen) atoms. The standard InChI is InChI=1S/C26H30N4O5/c1-34-20-4-2-3-18-19(11-12-27-23(18)20)25(33)24(32)15-5-7-16(8-6-15)28-13-17-9-10-21-26(29-17)30-22(31)14-35-21/h2-4,9-12,15-16,24-25,28,32-33H,5-8,13-14H2,1H3,(H,29,30,31)/t15?,16?,24-,25-/m1/s1. The summed E-state index contributed by atoms with van der Waals surface area (Å²) in [5.41, 5.74) is 2.16. The minimum atomic E-state index is -1.00. The van der Waals surface area contributed by atoms with Crippen molar-refractivity contribution in [1.29, 1.82) is 0 Å². The van der Waals surface area contributed by atoms with Crippen molar-refractivity contribution in [3.63, 3.8) is 0 Å². The third kappa shape index (κ3) is 4.93. The lowest BCUT2D eigenvalue weighted by molar-refractivity contribution is -0.118. The number of nitrogens with zero attached hydrogens (tertiary/aromatic N) is 2. The summed E-state index contributed by atoms with van der Waals surface area (Å²) in [6.45, 7) is 0.593. The van der Waals surface area contributed by atoms with Gasteiger partial charge in [0, 0.05) is 24.2 Å². The number of aliphatic hydroxyl groups is 2. The number of carbonyl (C=O) groups is 1. The quantitative estimate of drug-likeness (QED) is 0.408. The number of aromatic nitrogens is 2. The van der Waals surface area contributed by atoms with Crippen LogP contribution in [0.2, 0.25) is 0 Å². The van der Waals surface area contributed by atoms with Gasteiger partial charge in [-0.3, -0.25) is 9.78 Å². The van der Waals surface area contributed by atoms with Gasteiger partial charge in [0.25, 0.3) is 5.91 Å². The van der Waals surface area contributed by atoms with Crippen LogP contribution in [0, 0.1) is 5.92 Å². The summed E-state index contributed by atoms with van der Waals surface area (Å²) in [4.78, 5) is 20.4. The van der Waals surface area contributed by atoms with Crippen LogP contribution in [0.1, 0.15) is 43.0 Å². The Labute approximate surface area is 203 Å². The van der Waals surface area contributed by atoms with Gasteiger partial charge >= 0.3 is 0 Å². The van der Waals surface area contributed by atoms with Crippen LogP contribution in [-0.2, 0) is 11.3 Å². The number of amides is 1. The highest BCUT2D eigenvalue weighted by Crippen LogP contribution is 2.36. The molecule has 1 aliphatic carbocycles. The smallest absolute Gasteiger partial charge is 0.263 e. The molecule has 1 aromatic carbocycles. The predicted octanol–water partition coefficient (Wildman–Crippen LogP) is 2.71. The number of aliphatic hydroxyl groups excluding tert-OH is 2. The molecule has 9 nitrogen and oxygen atoms in total. The summed E-state index contributed by atoms with van der Waals surface area (Å²) in [6, 6.07) is 11.4. The van der Waals surface area contributed by atoms with Crippen molar-refractivity contribution < 1.29 is 24.5 Å². The Bertz CT molecular complexity index is 1210. The molecule has 2 atom stereocenters. The van der Waals surface area contributed by atoms with E-state index < -0.39 is 12.2 Å². The summed E-state index contributed by atoms with van der Waals surface area (Å²) in [7, 11) is 1.59. The number of hydrogen-bond acceptors (Lipinski definition) is 8. The van der Waals surface area contributed by atoms with E-state index in [9.17, 15) is 15.0 Å². The highest BCUT2D eigenvalue weighted by Gasteiger charge is 2.32. The first-order valence-electron chi connectivity index (χ1n) is 12.0. The number of ether oxygens (including phenoxy) is 2. The molecular weight excluding hydrogens is 448 g/mol. The van der Waals surface area contributed by atoms with E-state index in [0.29, 0.717) is 41.0 Å². The third-order valence-electron chi connectivity index (χ3n) is 6.99. The first-order chi connectivity index (χ1) is 17.0. The van der Waals surface area contributed by atoms with Gasteiger partial charge in [0.2, 0.25) is 0 Å². The average molecular weight is 479 g/mol. The molecule has 1 aliphatic heterocycles. The zero-order valence-electron chi connectivity index (χ0n) is 19.6. The Morgan fingerprint density at radius 3 is 2.80 bits per heavy atom. The van der Waals surface area contributed by atoms with Crippen LogP contribution < -0.4 is 20.1 Å². The molecule has 0 radical (unpaired) electrons. The lowest BCUT2D eigenvalue weighted by Crippen LogP contribution is -2.37. The van der Waals surface area contributed by atoms with Crippen molar-refractivity contribution in [3.05, 3.63) is 53.9 Å². The molecule has 0 unspecified atom stereocenters. The van der Waals surface area contributed by atoms with E-state index in [4.69, 9.17) is 9.47 Å². The monoisotopic (exact) mass is 478 g/mol. The van der Waals surface area contributed by atoms with Gasteiger partial charge in [-0.2, -0.15) is 0 Å². The fraction of sp³-hybridized carbons (Fsp3) is 0.423. The third-order valence-corrected chi connectivity index (χ3v) is 6.99. The van der Waals surface area contributed by atoms with Crippen molar-refractivity contribution in [1.82, 2.24) is 15.3 Å². The molecule has 1 fully saturated rings. The summed E-state index contributed by atoms with van der Waals surface area (Å²) in [6.07, 6.45) is 3.18. The molecule has 4 N–H and O–H groups in total. The Balaban J connectivity index is 1.17. The SMILES string of the molecule is COc1cccc2c([C@@H](O)[C@H](O)C3CCC(NCc4ccc5c(n4)NC(=O)CO5)CC3)ccnc12. The molecule has 9 heteroatoms. The average Bonchev–Trinajstić information content (AvgIpc) is 2.90. The van der Waals surface area contributed by atoms with E-state index in [2.05, 4.69) is 20.6 Å². The molecular formula is C26H30N4O5. The molecule has 3 heterocycles. The lowest BCUT2D eigenvalue weighted by atomic mass is 9.79. The number of anilines is 1. The molecule has 0 spiro atoms. The predicted molar refractivity (Wildman–Crippen MR) is 130 cm³/mol. The van der Waals surface area contributed by atoms with Crippen molar-refractivity contribution >= 4 is 22.6 Å². The summed E-state index contributed by atoms with van der Waals surface area (Å²) < 4.78 is 10.8. The van der Waals surface area contributed by atoms with E-state index in [-0.39, 0.29) is 18.4 Å². The second kappa shape index (κ2) is 10.2. The zero-order valence-corrected chi connectivity index (χ0v) is 19.6. The number of rotatable bonds is 7. The van der Waals surface area contributed by atoms with Crippen LogP contribution in [0.3, 0.4) is 0 Å². The lowest BCUT2D eigenvalue weighted by Gasteiger charge is -2.34. The van der Waals surface area contributed by atoms with E-state index in [0.717, 1.165) is 36.8 Å². The molecule has 184 valence electrons. The van der Waals surface area contributed by atoms with Gasteiger partial charge in [0.15, 0.2) is 18.2 Å². The van der Waals surface area contributed by atoms with Crippen LogP contribution in [0.25, 0.3) is 10.9 Å². The summed E-state index contributed by atoms with van der Waals surface area (Å²) in [5.74, 6) is 1.49. The van der Waals surface area contributed by atoms with Gasteiger partial charge in [-0.15, -0.1) is 0 Å². The van der Waals surface area contributed by atoms with Gasteiger partial charge in [0.1, 0.15) is 17.4 Å².